The number of carbonyl (C=O) groups excluding carboxylic acids is 2. The van der Waals surface area contributed by atoms with Crippen LogP contribution in [0.3, 0.4) is 0 Å². The molecule has 3 aliphatic rings. The first kappa shape index (κ1) is 12.8. The summed E-state index contributed by atoms with van der Waals surface area (Å²) in [6, 6.07) is 5.82. The van der Waals surface area contributed by atoms with Crippen molar-refractivity contribution < 1.29 is 9.59 Å². The molecule has 0 N–H and O–H groups in total. The molecule has 3 heteroatoms. The van der Waals surface area contributed by atoms with Gasteiger partial charge in [0, 0.05) is 0 Å². The van der Waals surface area contributed by atoms with Crippen molar-refractivity contribution in [1.82, 2.24) is 0 Å². The monoisotopic (exact) mass is 281 g/mol. The number of aryl methyl sites for hydroxylation is 1. The molecule has 4 rings (SSSR count). The lowest BCUT2D eigenvalue weighted by Gasteiger charge is -2.28. The molecule has 0 radical (unpaired) electrons. The first-order valence-electron chi connectivity index (χ1n) is 7.59. The van der Waals surface area contributed by atoms with Crippen LogP contribution in [0.15, 0.2) is 30.4 Å². The lowest BCUT2D eigenvalue weighted by Crippen LogP contribution is -2.37. The third-order valence-corrected chi connectivity index (χ3v) is 5.93. The minimum atomic E-state index is -0.535. The Hall–Kier alpha value is -1.90. The Morgan fingerprint density at radius 2 is 1.95 bits per heavy atom. The largest absolute Gasteiger partial charge is 0.274 e. The molecule has 1 aliphatic heterocycles. The van der Waals surface area contributed by atoms with E-state index in [0.29, 0.717) is 0 Å². The Bertz CT molecular complexity index is 705. The third-order valence-electron chi connectivity index (χ3n) is 5.93. The highest BCUT2D eigenvalue weighted by atomic mass is 16.2. The number of benzene rings is 1. The molecule has 0 aromatic heterocycles. The van der Waals surface area contributed by atoms with E-state index >= 15 is 0 Å². The van der Waals surface area contributed by atoms with Crippen molar-refractivity contribution in [3.8, 4) is 0 Å². The molecular formula is C18H19NO2. The highest BCUT2D eigenvalue weighted by molar-refractivity contribution is 6.24. The van der Waals surface area contributed by atoms with Gasteiger partial charge >= 0.3 is 0 Å². The first-order valence-corrected chi connectivity index (χ1v) is 7.59. The van der Waals surface area contributed by atoms with E-state index in [1.165, 1.54) is 4.90 Å². The average Bonchev–Trinajstić information content (AvgIpc) is 3.07. The molecule has 21 heavy (non-hydrogen) atoms. The first-order chi connectivity index (χ1) is 9.96. The topological polar surface area (TPSA) is 37.4 Å². The van der Waals surface area contributed by atoms with Gasteiger partial charge in [-0.25, -0.2) is 4.90 Å². The fraction of sp³-hybridized carbons (Fsp3) is 0.444. The second-order valence-electron chi connectivity index (χ2n) is 6.85. The fourth-order valence-corrected chi connectivity index (χ4v) is 4.51. The van der Waals surface area contributed by atoms with Gasteiger partial charge in [-0.15, -0.1) is 0 Å². The maximum Gasteiger partial charge on any atom is 0.241 e. The van der Waals surface area contributed by atoms with Crippen LogP contribution in [0.25, 0.3) is 0 Å². The van der Waals surface area contributed by atoms with Crippen molar-refractivity contribution in [3.05, 3.63) is 41.5 Å². The summed E-state index contributed by atoms with van der Waals surface area (Å²) in [5, 5.41) is 0. The quantitative estimate of drug-likeness (QED) is 0.586. The predicted octanol–water partition coefficient (Wildman–Crippen LogP) is 3.01. The summed E-state index contributed by atoms with van der Waals surface area (Å²) in [5.41, 5.74) is 2.35. The van der Waals surface area contributed by atoms with Gasteiger partial charge in [-0.1, -0.05) is 24.3 Å². The summed E-state index contributed by atoms with van der Waals surface area (Å²) in [6.07, 6.45) is 5.23. The summed E-state index contributed by atoms with van der Waals surface area (Å²) in [4.78, 5) is 27.4. The maximum absolute atomic E-state index is 13.0. The molecule has 3 nitrogen and oxygen atoms in total. The van der Waals surface area contributed by atoms with Crippen molar-refractivity contribution in [3.63, 3.8) is 0 Å². The molecule has 2 aliphatic carbocycles. The molecule has 2 amide bonds. The summed E-state index contributed by atoms with van der Waals surface area (Å²) in [5.74, 6) is 0.279. The van der Waals surface area contributed by atoms with E-state index in [1.54, 1.807) is 0 Å². The minimum Gasteiger partial charge on any atom is -0.274 e. The van der Waals surface area contributed by atoms with Gasteiger partial charge in [0.1, 0.15) is 0 Å². The number of fused-ring (bicyclic) bond motifs is 5. The molecule has 1 heterocycles. The summed E-state index contributed by atoms with van der Waals surface area (Å²) in [7, 11) is 0. The predicted molar refractivity (Wildman–Crippen MR) is 80.7 cm³/mol. The summed E-state index contributed by atoms with van der Waals surface area (Å²) in [6.45, 7) is 5.98. The molecular weight excluding hydrogens is 262 g/mol. The third kappa shape index (κ3) is 1.34. The zero-order valence-electron chi connectivity index (χ0n) is 12.6. The molecule has 2 fully saturated rings. The van der Waals surface area contributed by atoms with Gasteiger partial charge in [0.2, 0.25) is 11.8 Å². The molecule has 1 saturated heterocycles. The standard InChI is InChI=1S/C18H19NO2/c1-10-5-4-6-14(11(10)2)19-16(20)15-12-7-8-13(9-12)18(15,3)17(19)21/h4-8,12-13,15H,9H2,1-3H3/t12-,13-,15+,18-/m0/s1. The Kier molecular flexibility index (Phi) is 2.35. The maximum atomic E-state index is 13.0. The van der Waals surface area contributed by atoms with Crippen molar-refractivity contribution in [2.75, 3.05) is 4.90 Å². The van der Waals surface area contributed by atoms with E-state index in [1.807, 2.05) is 39.0 Å². The van der Waals surface area contributed by atoms with Gasteiger partial charge < -0.3 is 0 Å². The lowest BCUT2D eigenvalue weighted by atomic mass is 9.71. The Morgan fingerprint density at radius 1 is 1.19 bits per heavy atom. The number of rotatable bonds is 1. The van der Waals surface area contributed by atoms with Crippen LogP contribution in [0.5, 0.6) is 0 Å². The number of amides is 2. The van der Waals surface area contributed by atoms with Crippen LogP contribution in [0.2, 0.25) is 0 Å². The highest BCUT2D eigenvalue weighted by Gasteiger charge is 2.67. The smallest absolute Gasteiger partial charge is 0.241 e. The number of hydrogen-bond acceptors (Lipinski definition) is 2. The Labute approximate surface area is 124 Å². The van der Waals surface area contributed by atoms with Crippen LogP contribution >= 0.6 is 0 Å². The van der Waals surface area contributed by atoms with Crippen molar-refractivity contribution >= 4 is 17.5 Å². The number of carbonyl (C=O) groups is 2. The SMILES string of the molecule is Cc1cccc(N2C(=O)[C@H]3[C@H]4C=C[C@@H](C4)[C@]3(C)C2=O)c1C. The van der Waals surface area contributed by atoms with Crippen LogP contribution < -0.4 is 4.90 Å². The second kappa shape index (κ2) is 3.85. The molecule has 1 aromatic rings. The van der Waals surface area contributed by atoms with E-state index in [4.69, 9.17) is 0 Å². The minimum absolute atomic E-state index is 0.00644. The average molecular weight is 281 g/mol. The molecule has 0 spiro atoms. The van der Waals surface area contributed by atoms with Gasteiger partial charge in [0.05, 0.1) is 17.0 Å². The zero-order valence-corrected chi connectivity index (χ0v) is 12.6. The number of anilines is 1. The van der Waals surface area contributed by atoms with Crippen molar-refractivity contribution in [1.29, 1.82) is 0 Å². The van der Waals surface area contributed by atoms with Crippen molar-refractivity contribution in [2.24, 2.45) is 23.2 Å². The fourth-order valence-electron chi connectivity index (χ4n) is 4.51. The highest BCUT2D eigenvalue weighted by Crippen LogP contribution is 2.61. The summed E-state index contributed by atoms with van der Waals surface area (Å²) >= 11 is 0. The van der Waals surface area contributed by atoms with E-state index in [2.05, 4.69) is 12.2 Å². The van der Waals surface area contributed by atoms with Crippen LogP contribution in [-0.2, 0) is 9.59 Å². The van der Waals surface area contributed by atoms with Gasteiger partial charge in [-0.3, -0.25) is 9.59 Å². The Balaban J connectivity index is 1.85. The zero-order chi connectivity index (χ0) is 14.9. The van der Waals surface area contributed by atoms with E-state index in [-0.39, 0.29) is 29.6 Å². The molecule has 108 valence electrons. The van der Waals surface area contributed by atoms with Gasteiger partial charge in [0.25, 0.3) is 0 Å². The van der Waals surface area contributed by atoms with Crippen LogP contribution in [0.1, 0.15) is 24.5 Å². The van der Waals surface area contributed by atoms with Gasteiger partial charge in [0.15, 0.2) is 0 Å². The van der Waals surface area contributed by atoms with E-state index in [9.17, 15) is 9.59 Å². The molecule has 4 atom stereocenters. The van der Waals surface area contributed by atoms with Crippen LogP contribution in [0.4, 0.5) is 5.69 Å². The number of imide groups is 1. The number of hydrogen-bond donors (Lipinski definition) is 0. The van der Waals surface area contributed by atoms with Gasteiger partial charge in [-0.2, -0.15) is 0 Å². The lowest BCUT2D eigenvalue weighted by molar-refractivity contribution is -0.127. The molecule has 1 aromatic carbocycles. The second-order valence-corrected chi connectivity index (χ2v) is 6.85. The number of allylic oxidation sites excluding steroid dienone is 2. The van der Waals surface area contributed by atoms with Crippen LogP contribution in [0, 0.1) is 37.0 Å². The van der Waals surface area contributed by atoms with Crippen LogP contribution in [-0.4, -0.2) is 11.8 Å². The van der Waals surface area contributed by atoms with Gasteiger partial charge in [-0.05, 0) is 56.2 Å². The molecule has 1 saturated carbocycles. The molecule has 0 unspecified atom stereocenters. The number of nitrogens with zero attached hydrogens (tertiary/aromatic N) is 1. The van der Waals surface area contributed by atoms with E-state index in [0.717, 1.165) is 23.2 Å². The van der Waals surface area contributed by atoms with Crippen molar-refractivity contribution in [2.45, 2.75) is 27.2 Å². The summed E-state index contributed by atoms with van der Waals surface area (Å²) < 4.78 is 0. The normalized spacial score (nSPS) is 36.7. The Morgan fingerprint density at radius 3 is 2.67 bits per heavy atom. The molecule has 2 bridgehead atoms. The van der Waals surface area contributed by atoms with E-state index < -0.39 is 5.41 Å².